The van der Waals surface area contributed by atoms with Gasteiger partial charge in [-0.15, -0.1) is 0 Å². The molecule has 0 bridgehead atoms. The molecule has 0 fully saturated rings. The molecule has 2 unspecified atom stereocenters. The summed E-state index contributed by atoms with van der Waals surface area (Å²) in [6, 6.07) is 3.44. The van der Waals surface area contributed by atoms with Gasteiger partial charge >= 0.3 is 0 Å². The molecule has 2 atom stereocenters. The van der Waals surface area contributed by atoms with E-state index < -0.39 is 23.8 Å². The molecular formula is C12H16F2O2. The van der Waals surface area contributed by atoms with E-state index in [1.54, 1.807) is 13.8 Å². The highest BCUT2D eigenvalue weighted by Crippen LogP contribution is 2.14. The first-order valence-corrected chi connectivity index (χ1v) is 5.22. The minimum atomic E-state index is -0.968. The lowest BCUT2D eigenvalue weighted by molar-refractivity contribution is -0.00735. The first kappa shape index (κ1) is 13.1. The molecule has 2 nitrogen and oxygen atoms in total. The first-order chi connectivity index (χ1) is 7.41. The highest BCUT2D eigenvalue weighted by Gasteiger charge is 2.20. The van der Waals surface area contributed by atoms with Gasteiger partial charge in [0.2, 0.25) is 0 Å². The maximum atomic E-state index is 12.9. The normalized spacial score (nSPS) is 15.2. The van der Waals surface area contributed by atoms with E-state index in [0.29, 0.717) is 5.56 Å². The highest BCUT2D eigenvalue weighted by atomic mass is 19.2. The van der Waals surface area contributed by atoms with E-state index in [-0.39, 0.29) is 12.3 Å². The van der Waals surface area contributed by atoms with Crippen molar-refractivity contribution in [2.45, 2.75) is 32.5 Å². The van der Waals surface area contributed by atoms with Crippen LogP contribution in [0.4, 0.5) is 8.78 Å². The minimum absolute atomic E-state index is 0.0831. The maximum absolute atomic E-state index is 12.9. The molecule has 0 aliphatic carbocycles. The summed E-state index contributed by atoms with van der Waals surface area (Å²) in [5.74, 6) is -1.94. The van der Waals surface area contributed by atoms with Crippen LogP contribution in [-0.4, -0.2) is 22.4 Å². The van der Waals surface area contributed by atoms with Crippen LogP contribution in [0.3, 0.4) is 0 Å². The lowest BCUT2D eigenvalue weighted by atomic mass is 9.96. The fourth-order valence-electron chi connectivity index (χ4n) is 1.47. The highest BCUT2D eigenvalue weighted by molar-refractivity contribution is 5.18. The summed E-state index contributed by atoms with van der Waals surface area (Å²) in [5.41, 5.74) is 0.464. The third-order valence-corrected chi connectivity index (χ3v) is 2.51. The molecule has 16 heavy (non-hydrogen) atoms. The molecule has 1 aromatic carbocycles. The van der Waals surface area contributed by atoms with Crippen LogP contribution in [-0.2, 0) is 6.42 Å². The predicted molar refractivity (Wildman–Crippen MR) is 56.9 cm³/mol. The topological polar surface area (TPSA) is 40.5 Å². The Morgan fingerprint density at radius 1 is 1.12 bits per heavy atom. The summed E-state index contributed by atoms with van der Waals surface area (Å²) in [6.45, 7) is 3.55. The van der Waals surface area contributed by atoms with E-state index in [4.69, 9.17) is 0 Å². The fourth-order valence-corrected chi connectivity index (χ4v) is 1.47. The predicted octanol–water partition coefficient (Wildman–Crippen LogP) is 1.89. The molecule has 0 radical (unpaired) electrons. The van der Waals surface area contributed by atoms with Gasteiger partial charge < -0.3 is 10.2 Å². The van der Waals surface area contributed by atoms with Gasteiger partial charge in [-0.25, -0.2) is 8.78 Å². The average Bonchev–Trinajstić information content (AvgIpc) is 2.22. The van der Waals surface area contributed by atoms with Gasteiger partial charge in [-0.05, 0) is 23.6 Å². The largest absolute Gasteiger partial charge is 0.390 e. The maximum Gasteiger partial charge on any atom is 0.159 e. The van der Waals surface area contributed by atoms with Crippen molar-refractivity contribution >= 4 is 0 Å². The van der Waals surface area contributed by atoms with Gasteiger partial charge in [0.25, 0.3) is 0 Å². The Balaban J connectivity index is 2.69. The van der Waals surface area contributed by atoms with Gasteiger partial charge in [0.1, 0.15) is 0 Å². The monoisotopic (exact) mass is 230 g/mol. The Hall–Kier alpha value is -1.00. The molecule has 1 rings (SSSR count). The van der Waals surface area contributed by atoms with E-state index in [0.717, 1.165) is 12.1 Å². The molecule has 0 heterocycles. The van der Waals surface area contributed by atoms with Crippen molar-refractivity contribution in [3.05, 3.63) is 35.4 Å². The SMILES string of the molecule is CC(C)C(O)C(O)Cc1ccc(F)c(F)c1. The second-order valence-corrected chi connectivity index (χ2v) is 4.25. The number of benzene rings is 1. The number of aliphatic hydroxyl groups is 2. The van der Waals surface area contributed by atoms with Crippen molar-refractivity contribution in [2.75, 3.05) is 0 Å². The average molecular weight is 230 g/mol. The molecule has 4 heteroatoms. The Morgan fingerprint density at radius 2 is 1.75 bits per heavy atom. The molecule has 2 N–H and O–H groups in total. The van der Waals surface area contributed by atoms with Crippen LogP contribution in [0, 0.1) is 17.6 Å². The molecule has 0 amide bonds. The van der Waals surface area contributed by atoms with Crippen LogP contribution in [0.2, 0.25) is 0 Å². The Morgan fingerprint density at radius 3 is 2.25 bits per heavy atom. The van der Waals surface area contributed by atoms with E-state index in [1.807, 2.05) is 0 Å². The van der Waals surface area contributed by atoms with Crippen molar-refractivity contribution in [1.29, 1.82) is 0 Å². The standard InChI is InChI=1S/C12H16F2O2/c1-7(2)12(16)11(15)6-8-3-4-9(13)10(14)5-8/h3-5,7,11-12,15-16H,6H2,1-2H3. The van der Waals surface area contributed by atoms with Crippen LogP contribution >= 0.6 is 0 Å². The molecule has 0 saturated heterocycles. The second-order valence-electron chi connectivity index (χ2n) is 4.25. The lowest BCUT2D eigenvalue weighted by Gasteiger charge is -2.21. The van der Waals surface area contributed by atoms with E-state index in [2.05, 4.69) is 0 Å². The third kappa shape index (κ3) is 3.25. The molecule has 0 aliphatic rings. The summed E-state index contributed by atoms with van der Waals surface area (Å²) in [6.07, 6.45) is -1.73. The summed E-state index contributed by atoms with van der Waals surface area (Å²) in [5, 5.41) is 19.2. The van der Waals surface area contributed by atoms with E-state index in [1.165, 1.54) is 6.07 Å². The van der Waals surface area contributed by atoms with Crippen LogP contribution in [0.15, 0.2) is 18.2 Å². The van der Waals surface area contributed by atoms with Gasteiger partial charge in [0, 0.05) is 6.42 Å². The summed E-state index contributed by atoms with van der Waals surface area (Å²) in [4.78, 5) is 0. The zero-order chi connectivity index (χ0) is 12.3. The van der Waals surface area contributed by atoms with Crippen LogP contribution < -0.4 is 0 Å². The van der Waals surface area contributed by atoms with Gasteiger partial charge in [0.15, 0.2) is 11.6 Å². The Bertz CT molecular complexity index is 353. The number of halogens is 2. The summed E-state index contributed by atoms with van der Waals surface area (Å²) < 4.78 is 25.5. The minimum Gasteiger partial charge on any atom is -0.390 e. The van der Waals surface area contributed by atoms with Crippen molar-refractivity contribution in [2.24, 2.45) is 5.92 Å². The summed E-state index contributed by atoms with van der Waals surface area (Å²) in [7, 11) is 0. The molecule has 0 aromatic heterocycles. The van der Waals surface area contributed by atoms with Gasteiger partial charge in [-0.3, -0.25) is 0 Å². The summed E-state index contributed by atoms with van der Waals surface area (Å²) >= 11 is 0. The molecule has 0 saturated carbocycles. The van der Waals surface area contributed by atoms with Crippen molar-refractivity contribution < 1.29 is 19.0 Å². The molecule has 90 valence electrons. The van der Waals surface area contributed by atoms with Crippen LogP contribution in [0.5, 0.6) is 0 Å². The third-order valence-electron chi connectivity index (χ3n) is 2.51. The lowest BCUT2D eigenvalue weighted by Crippen LogP contribution is -2.32. The van der Waals surface area contributed by atoms with Gasteiger partial charge in [-0.1, -0.05) is 19.9 Å². The van der Waals surface area contributed by atoms with Gasteiger partial charge in [-0.2, -0.15) is 0 Å². The number of hydrogen-bond donors (Lipinski definition) is 2. The second kappa shape index (κ2) is 5.37. The van der Waals surface area contributed by atoms with E-state index in [9.17, 15) is 19.0 Å². The smallest absolute Gasteiger partial charge is 0.159 e. The van der Waals surface area contributed by atoms with Crippen molar-refractivity contribution in [3.63, 3.8) is 0 Å². The number of hydrogen-bond acceptors (Lipinski definition) is 2. The molecule has 0 aliphatic heterocycles. The molecule has 1 aromatic rings. The zero-order valence-corrected chi connectivity index (χ0v) is 9.32. The quantitative estimate of drug-likeness (QED) is 0.829. The van der Waals surface area contributed by atoms with Gasteiger partial charge in [0.05, 0.1) is 12.2 Å². The Kier molecular flexibility index (Phi) is 4.38. The van der Waals surface area contributed by atoms with Crippen LogP contribution in [0.25, 0.3) is 0 Å². The zero-order valence-electron chi connectivity index (χ0n) is 9.32. The molecule has 0 spiro atoms. The first-order valence-electron chi connectivity index (χ1n) is 5.22. The number of rotatable bonds is 4. The van der Waals surface area contributed by atoms with Crippen LogP contribution in [0.1, 0.15) is 19.4 Å². The van der Waals surface area contributed by atoms with E-state index >= 15 is 0 Å². The Labute approximate surface area is 93.5 Å². The fraction of sp³-hybridized carbons (Fsp3) is 0.500. The van der Waals surface area contributed by atoms with Crippen molar-refractivity contribution in [1.82, 2.24) is 0 Å². The molecular weight excluding hydrogens is 214 g/mol. The van der Waals surface area contributed by atoms with Crippen molar-refractivity contribution in [3.8, 4) is 0 Å². The number of aliphatic hydroxyl groups excluding tert-OH is 2.